The molecule has 0 nitrogen and oxygen atoms in total. The number of aryl methyl sites for hydroxylation is 1. The van der Waals surface area contributed by atoms with Gasteiger partial charge in [-0.3, -0.25) is 0 Å². The molecule has 0 atom stereocenters. The zero-order valence-electron chi connectivity index (χ0n) is 10.2. The summed E-state index contributed by atoms with van der Waals surface area (Å²) in [6, 6.07) is 24.1. The SMILES string of the molecule is Cc1ccc([I-]c2ccccc2)c2ccccc12. The Kier molecular flexibility index (Phi) is 3.33. The van der Waals surface area contributed by atoms with Crippen LogP contribution in [0.25, 0.3) is 10.8 Å². The van der Waals surface area contributed by atoms with Crippen molar-refractivity contribution >= 4 is 10.8 Å². The molecule has 0 aliphatic rings. The maximum atomic E-state index is 2.30. The van der Waals surface area contributed by atoms with Gasteiger partial charge in [0.25, 0.3) is 0 Å². The molecule has 0 aliphatic heterocycles. The van der Waals surface area contributed by atoms with Crippen molar-refractivity contribution in [2.75, 3.05) is 0 Å². The molecular formula is C17H14I-. The van der Waals surface area contributed by atoms with Crippen molar-refractivity contribution in [3.05, 3.63) is 79.4 Å². The Labute approximate surface area is 118 Å². The van der Waals surface area contributed by atoms with Crippen molar-refractivity contribution < 1.29 is 21.2 Å². The van der Waals surface area contributed by atoms with E-state index in [1.165, 1.54) is 23.5 Å². The fraction of sp³-hybridized carbons (Fsp3) is 0.0588. The van der Waals surface area contributed by atoms with E-state index in [1.807, 2.05) is 0 Å². The molecule has 0 heterocycles. The molecule has 3 rings (SSSR count). The quantitative estimate of drug-likeness (QED) is 0.614. The third-order valence-corrected chi connectivity index (χ3v) is 5.90. The van der Waals surface area contributed by atoms with Gasteiger partial charge in [0.05, 0.1) is 0 Å². The van der Waals surface area contributed by atoms with Crippen LogP contribution in [0.4, 0.5) is 0 Å². The van der Waals surface area contributed by atoms with Gasteiger partial charge in [0.1, 0.15) is 0 Å². The Morgan fingerprint density at radius 1 is 0.667 bits per heavy atom. The summed E-state index contributed by atoms with van der Waals surface area (Å²) in [5, 5.41) is 2.82. The first-order chi connectivity index (χ1) is 8.84. The van der Waals surface area contributed by atoms with Gasteiger partial charge in [0.15, 0.2) is 0 Å². The number of hydrogen-bond acceptors (Lipinski definition) is 0. The van der Waals surface area contributed by atoms with Crippen LogP contribution in [0.5, 0.6) is 0 Å². The predicted molar refractivity (Wildman–Crippen MR) is 72.5 cm³/mol. The van der Waals surface area contributed by atoms with Crippen LogP contribution in [0.3, 0.4) is 0 Å². The van der Waals surface area contributed by atoms with Crippen LogP contribution in [0.2, 0.25) is 0 Å². The molecule has 0 radical (unpaired) electrons. The van der Waals surface area contributed by atoms with Crippen LogP contribution in [0.1, 0.15) is 5.56 Å². The molecule has 0 N–H and O–H groups in total. The minimum atomic E-state index is -0.0863. The molecule has 3 aromatic carbocycles. The first-order valence-electron chi connectivity index (χ1n) is 6.03. The van der Waals surface area contributed by atoms with Crippen molar-refractivity contribution in [3.63, 3.8) is 0 Å². The van der Waals surface area contributed by atoms with Crippen molar-refractivity contribution in [2.24, 2.45) is 0 Å². The number of rotatable bonds is 2. The third kappa shape index (κ3) is 2.27. The average molecular weight is 345 g/mol. The van der Waals surface area contributed by atoms with Crippen molar-refractivity contribution in [2.45, 2.75) is 6.92 Å². The second kappa shape index (κ2) is 5.11. The van der Waals surface area contributed by atoms with E-state index in [0.29, 0.717) is 0 Å². The van der Waals surface area contributed by atoms with Gasteiger partial charge in [-0.25, -0.2) is 0 Å². The van der Waals surface area contributed by atoms with E-state index in [2.05, 4.69) is 73.7 Å². The third-order valence-electron chi connectivity index (χ3n) is 3.03. The summed E-state index contributed by atoms with van der Waals surface area (Å²) in [7, 11) is 0. The number of fused-ring (bicyclic) bond motifs is 1. The molecule has 0 saturated heterocycles. The van der Waals surface area contributed by atoms with Gasteiger partial charge < -0.3 is 0 Å². The van der Waals surface area contributed by atoms with E-state index in [9.17, 15) is 0 Å². The second-order valence-electron chi connectivity index (χ2n) is 4.30. The van der Waals surface area contributed by atoms with Crippen LogP contribution in [-0.2, 0) is 0 Å². The summed E-state index contributed by atoms with van der Waals surface area (Å²) in [5.41, 5.74) is 1.37. The van der Waals surface area contributed by atoms with E-state index in [0.717, 1.165) is 0 Å². The van der Waals surface area contributed by atoms with Gasteiger partial charge in [-0.05, 0) is 0 Å². The van der Waals surface area contributed by atoms with Crippen LogP contribution >= 0.6 is 0 Å². The van der Waals surface area contributed by atoms with E-state index in [4.69, 9.17) is 0 Å². The van der Waals surface area contributed by atoms with Crippen LogP contribution in [0, 0.1) is 14.1 Å². The Hall–Kier alpha value is -1.35. The van der Waals surface area contributed by atoms with Crippen molar-refractivity contribution in [3.8, 4) is 0 Å². The van der Waals surface area contributed by atoms with Crippen LogP contribution in [-0.4, -0.2) is 0 Å². The molecule has 0 spiro atoms. The molecule has 0 aromatic heterocycles. The molecular weight excluding hydrogens is 331 g/mol. The van der Waals surface area contributed by atoms with Gasteiger partial charge >= 0.3 is 118 Å². The molecule has 0 unspecified atom stereocenters. The summed E-state index contributed by atoms with van der Waals surface area (Å²) < 4.78 is 2.99. The monoisotopic (exact) mass is 345 g/mol. The van der Waals surface area contributed by atoms with Gasteiger partial charge in [-0.15, -0.1) is 0 Å². The summed E-state index contributed by atoms with van der Waals surface area (Å²) >= 11 is -0.0863. The maximum absolute atomic E-state index is 2.30. The van der Waals surface area contributed by atoms with E-state index in [1.54, 1.807) is 0 Å². The standard InChI is InChI=1S/C17H14I/c1-13-11-12-17(16-10-6-5-9-15(13)16)18-14-7-3-2-4-8-14/h2-12H,1H3/q-1. The van der Waals surface area contributed by atoms with E-state index >= 15 is 0 Å². The number of halogens is 1. The summed E-state index contributed by atoms with van der Waals surface area (Å²) in [6.45, 7) is 2.19. The average Bonchev–Trinajstić information content (AvgIpc) is 2.44. The first-order valence-corrected chi connectivity index (χ1v) is 8.18. The number of benzene rings is 3. The van der Waals surface area contributed by atoms with Crippen molar-refractivity contribution in [1.82, 2.24) is 0 Å². The summed E-state index contributed by atoms with van der Waals surface area (Å²) in [5.74, 6) is 0. The summed E-state index contributed by atoms with van der Waals surface area (Å²) in [6.07, 6.45) is 0. The Balaban J connectivity index is 2.10. The van der Waals surface area contributed by atoms with E-state index < -0.39 is 0 Å². The van der Waals surface area contributed by atoms with Gasteiger partial charge in [0.2, 0.25) is 0 Å². The Bertz CT molecular complexity index is 672. The Morgan fingerprint density at radius 2 is 1.33 bits per heavy atom. The van der Waals surface area contributed by atoms with Gasteiger partial charge in [-0.2, -0.15) is 0 Å². The predicted octanol–water partition coefficient (Wildman–Crippen LogP) is 1.28. The topological polar surface area (TPSA) is 0 Å². The molecule has 1 heteroatoms. The molecule has 18 heavy (non-hydrogen) atoms. The molecule has 0 saturated carbocycles. The number of hydrogen-bond donors (Lipinski definition) is 0. The van der Waals surface area contributed by atoms with Gasteiger partial charge in [-0.1, -0.05) is 0 Å². The first kappa shape index (κ1) is 11.7. The Morgan fingerprint density at radius 3 is 2.11 bits per heavy atom. The fourth-order valence-electron chi connectivity index (χ4n) is 2.09. The van der Waals surface area contributed by atoms with Gasteiger partial charge in [0, 0.05) is 0 Å². The molecule has 0 bridgehead atoms. The second-order valence-corrected chi connectivity index (χ2v) is 7.25. The zero-order chi connectivity index (χ0) is 12.4. The molecule has 0 amide bonds. The molecule has 0 fully saturated rings. The zero-order valence-corrected chi connectivity index (χ0v) is 12.4. The molecule has 90 valence electrons. The minimum absolute atomic E-state index is 0.0863. The van der Waals surface area contributed by atoms with Crippen molar-refractivity contribution in [1.29, 1.82) is 0 Å². The van der Waals surface area contributed by atoms with E-state index in [-0.39, 0.29) is 21.2 Å². The summed E-state index contributed by atoms with van der Waals surface area (Å²) in [4.78, 5) is 0. The molecule has 0 aliphatic carbocycles. The molecule has 3 aromatic rings. The van der Waals surface area contributed by atoms with Crippen LogP contribution < -0.4 is 21.2 Å². The van der Waals surface area contributed by atoms with Crippen LogP contribution in [0.15, 0.2) is 66.7 Å². The normalized spacial score (nSPS) is 10.9. The fourth-order valence-corrected chi connectivity index (χ4v) is 4.66.